The normalized spacial score (nSPS) is 14.6. The van der Waals surface area contributed by atoms with Crippen LogP contribution in [0.3, 0.4) is 0 Å². The largest absolute Gasteiger partial charge is 0.317 e. The molecule has 1 aliphatic rings. The van der Waals surface area contributed by atoms with Crippen molar-refractivity contribution in [3.63, 3.8) is 0 Å². The zero-order chi connectivity index (χ0) is 26.5. The highest BCUT2D eigenvalue weighted by molar-refractivity contribution is 7.89. The zero-order valence-electron chi connectivity index (χ0n) is 21.6. The third kappa shape index (κ3) is 6.09. The van der Waals surface area contributed by atoms with Crippen LogP contribution in [-0.4, -0.2) is 63.8 Å². The van der Waals surface area contributed by atoms with Crippen LogP contribution in [0.4, 0.5) is 0 Å². The van der Waals surface area contributed by atoms with E-state index in [1.807, 2.05) is 49.4 Å². The number of aryl methyl sites for hydroxylation is 1. The van der Waals surface area contributed by atoms with Gasteiger partial charge in [-0.1, -0.05) is 18.2 Å². The van der Waals surface area contributed by atoms with Gasteiger partial charge in [0.2, 0.25) is 10.0 Å². The van der Waals surface area contributed by atoms with Gasteiger partial charge in [0.25, 0.3) is 0 Å². The third-order valence-electron chi connectivity index (χ3n) is 6.74. The summed E-state index contributed by atoms with van der Waals surface area (Å²) < 4.78 is 27.8. The van der Waals surface area contributed by atoms with Gasteiger partial charge in [0.05, 0.1) is 16.3 Å². The second-order valence-corrected chi connectivity index (χ2v) is 11.5. The van der Waals surface area contributed by atoms with Crippen molar-refractivity contribution in [2.45, 2.75) is 43.5 Å². The number of nitrogens with zero attached hydrogens (tertiary/aromatic N) is 6. The van der Waals surface area contributed by atoms with Crippen molar-refractivity contribution >= 4 is 10.0 Å². The maximum absolute atomic E-state index is 13.1. The monoisotopic (exact) mass is 529 g/mol. The fourth-order valence-electron chi connectivity index (χ4n) is 4.59. The van der Waals surface area contributed by atoms with E-state index in [1.165, 1.54) is 4.31 Å². The first kappa shape index (κ1) is 26.0. The molecule has 9 nitrogen and oxygen atoms in total. The molecule has 1 saturated heterocycles. The van der Waals surface area contributed by atoms with Gasteiger partial charge in [-0.2, -0.15) is 4.31 Å². The first-order valence-corrected chi connectivity index (χ1v) is 14.2. The van der Waals surface area contributed by atoms with Gasteiger partial charge in [-0.15, -0.1) is 0 Å². The van der Waals surface area contributed by atoms with E-state index < -0.39 is 10.0 Å². The molecule has 10 heteroatoms. The van der Waals surface area contributed by atoms with Gasteiger partial charge in [0.1, 0.15) is 11.5 Å². The van der Waals surface area contributed by atoms with E-state index in [2.05, 4.69) is 25.3 Å². The Morgan fingerprint density at radius 1 is 0.868 bits per heavy atom. The Bertz CT molecular complexity index is 1500. The van der Waals surface area contributed by atoms with Crippen molar-refractivity contribution in [2.24, 2.45) is 0 Å². The highest BCUT2D eigenvalue weighted by atomic mass is 32.2. The van der Waals surface area contributed by atoms with Crippen LogP contribution in [0.15, 0.2) is 71.9 Å². The average Bonchev–Trinajstić information content (AvgIpc) is 2.94. The van der Waals surface area contributed by atoms with Crippen molar-refractivity contribution in [1.29, 1.82) is 0 Å². The Kier molecular flexibility index (Phi) is 7.82. The van der Waals surface area contributed by atoms with Crippen LogP contribution in [0.1, 0.15) is 41.3 Å². The fourth-order valence-corrected chi connectivity index (χ4v) is 6.01. The van der Waals surface area contributed by atoms with E-state index in [0.717, 1.165) is 54.3 Å². The first-order chi connectivity index (χ1) is 18.4. The van der Waals surface area contributed by atoms with Crippen LogP contribution in [0.5, 0.6) is 0 Å². The Balaban J connectivity index is 1.27. The summed E-state index contributed by atoms with van der Waals surface area (Å²) >= 11 is 0. The molecule has 5 rings (SSSR count). The number of pyridine rings is 1. The molecule has 1 aromatic carbocycles. The van der Waals surface area contributed by atoms with Gasteiger partial charge < -0.3 is 5.32 Å². The summed E-state index contributed by atoms with van der Waals surface area (Å²) in [4.78, 5) is 23.0. The molecular formula is C28H31N7O2S. The molecule has 0 aliphatic carbocycles. The quantitative estimate of drug-likeness (QED) is 0.370. The lowest BCUT2D eigenvalue weighted by Gasteiger charge is -2.30. The number of hydrogen-bond donors (Lipinski definition) is 1. The molecular weight excluding hydrogens is 498 g/mol. The lowest BCUT2D eigenvalue weighted by atomic mass is 10.1. The summed E-state index contributed by atoms with van der Waals surface area (Å²) in [6.07, 6.45) is 6.16. The minimum Gasteiger partial charge on any atom is -0.317 e. The van der Waals surface area contributed by atoms with Crippen LogP contribution < -0.4 is 5.32 Å². The van der Waals surface area contributed by atoms with Gasteiger partial charge in [0.15, 0.2) is 5.82 Å². The van der Waals surface area contributed by atoms with Crippen molar-refractivity contribution in [1.82, 2.24) is 34.5 Å². The van der Waals surface area contributed by atoms with E-state index >= 15 is 0 Å². The summed E-state index contributed by atoms with van der Waals surface area (Å²) in [6, 6.07) is 16.6. The predicted molar refractivity (Wildman–Crippen MR) is 145 cm³/mol. The summed E-state index contributed by atoms with van der Waals surface area (Å²) in [6.45, 7) is 3.62. The maximum Gasteiger partial charge on any atom is 0.243 e. The standard InChI is InChI=1S/C28H31N7O2S/c1-20-4-3-5-26(32-20)28-31-17-11-23(34-28)19-22-10-16-30-27(33-22)18-21-6-8-25(9-7-21)38(36,37)35(2)24-12-14-29-15-13-24/h3-11,16-17,24,29H,12-15,18-19H2,1-2H3. The topological polar surface area (TPSA) is 114 Å². The number of sulfonamides is 1. The summed E-state index contributed by atoms with van der Waals surface area (Å²) in [5, 5.41) is 3.28. The molecule has 196 valence electrons. The summed E-state index contributed by atoms with van der Waals surface area (Å²) in [5.74, 6) is 1.25. The van der Waals surface area contributed by atoms with Gasteiger partial charge >= 0.3 is 0 Å². The molecule has 4 aromatic rings. The lowest BCUT2D eigenvalue weighted by molar-refractivity contribution is 0.296. The minimum absolute atomic E-state index is 0.0242. The maximum atomic E-state index is 13.1. The second-order valence-electron chi connectivity index (χ2n) is 9.50. The highest BCUT2D eigenvalue weighted by Crippen LogP contribution is 2.22. The SMILES string of the molecule is Cc1cccc(-c2nccc(Cc3ccnc(Cc4ccc(S(=O)(=O)N(C)C5CCNCC5)cc4)n3)n2)n1. The lowest BCUT2D eigenvalue weighted by Crippen LogP contribution is -2.43. The molecule has 3 aromatic heterocycles. The molecule has 4 heterocycles. The first-order valence-electron chi connectivity index (χ1n) is 12.7. The minimum atomic E-state index is -3.54. The molecule has 0 atom stereocenters. The van der Waals surface area contributed by atoms with Crippen molar-refractivity contribution < 1.29 is 8.42 Å². The third-order valence-corrected chi connectivity index (χ3v) is 8.67. The molecule has 1 aliphatic heterocycles. The summed E-state index contributed by atoms with van der Waals surface area (Å²) in [7, 11) is -1.86. The van der Waals surface area contributed by atoms with Gasteiger partial charge in [0, 0.05) is 44.0 Å². The number of benzene rings is 1. The number of hydrogen-bond acceptors (Lipinski definition) is 8. The Morgan fingerprint density at radius 3 is 2.32 bits per heavy atom. The van der Waals surface area contributed by atoms with Crippen molar-refractivity contribution in [3.05, 3.63) is 95.5 Å². The highest BCUT2D eigenvalue weighted by Gasteiger charge is 2.28. The number of rotatable bonds is 8. The average molecular weight is 530 g/mol. The molecule has 0 bridgehead atoms. The zero-order valence-corrected chi connectivity index (χ0v) is 22.4. The molecule has 1 N–H and O–H groups in total. The van der Waals surface area contributed by atoms with Crippen LogP contribution in [0.2, 0.25) is 0 Å². The van der Waals surface area contributed by atoms with E-state index in [0.29, 0.717) is 29.4 Å². The van der Waals surface area contributed by atoms with Crippen molar-refractivity contribution in [3.8, 4) is 11.5 Å². The van der Waals surface area contributed by atoms with Gasteiger partial charge in [-0.25, -0.2) is 33.3 Å². The number of aromatic nitrogens is 5. The van der Waals surface area contributed by atoms with E-state index in [1.54, 1.807) is 31.6 Å². The van der Waals surface area contributed by atoms with E-state index in [4.69, 9.17) is 4.98 Å². The molecule has 0 saturated carbocycles. The summed E-state index contributed by atoms with van der Waals surface area (Å²) in [5.41, 5.74) is 4.29. The van der Waals surface area contributed by atoms with E-state index in [9.17, 15) is 8.42 Å². The van der Waals surface area contributed by atoms with Gasteiger partial charge in [-0.05, 0) is 74.8 Å². The molecule has 38 heavy (non-hydrogen) atoms. The molecule has 1 fully saturated rings. The number of piperidine rings is 1. The molecule has 0 spiro atoms. The van der Waals surface area contributed by atoms with Gasteiger partial charge in [-0.3, -0.25) is 0 Å². The second kappa shape index (κ2) is 11.4. The van der Waals surface area contributed by atoms with Crippen LogP contribution >= 0.6 is 0 Å². The molecule has 0 radical (unpaired) electrons. The molecule has 0 amide bonds. The van der Waals surface area contributed by atoms with E-state index in [-0.39, 0.29) is 6.04 Å². The fraction of sp³-hybridized carbons (Fsp3) is 0.321. The molecule has 0 unspecified atom stereocenters. The van der Waals surface area contributed by atoms with Crippen LogP contribution in [0, 0.1) is 6.92 Å². The Morgan fingerprint density at radius 2 is 1.58 bits per heavy atom. The van der Waals surface area contributed by atoms with Crippen molar-refractivity contribution in [2.75, 3.05) is 20.1 Å². The predicted octanol–water partition coefficient (Wildman–Crippen LogP) is 3.19. The Labute approximate surface area is 223 Å². The van der Waals surface area contributed by atoms with Crippen LogP contribution in [-0.2, 0) is 22.9 Å². The smallest absolute Gasteiger partial charge is 0.243 e. The number of nitrogens with one attached hydrogen (secondary N) is 1. The van der Waals surface area contributed by atoms with Crippen LogP contribution in [0.25, 0.3) is 11.5 Å². The Hall–Kier alpha value is -3.60.